The first kappa shape index (κ1) is 21.2. The van der Waals surface area contributed by atoms with Crippen molar-refractivity contribution in [3.8, 4) is 11.5 Å². The molecule has 0 amide bonds. The van der Waals surface area contributed by atoms with Crippen LogP contribution in [0.5, 0.6) is 11.5 Å². The van der Waals surface area contributed by atoms with Crippen LogP contribution in [0.4, 0.5) is 13.2 Å². The standard InChI is InChI=1S/C22H20ClF3O3/c1-20(2)17(12-18(23)22(24,25)26)21(20,19(27)28)13-14-7-6-10-16(11-14)29-15-8-4-3-5-9-15/h3-12,17H,13H2,1-2H3,(H,27,28). The van der Waals surface area contributed by atoms with Crippen molar-refractivity contribution in [2.45, 2.75) is 26.4 Å². The number of carbonyl (C=O) groups is 1. The number of aliphatic carboxylic acids is 1. The van der Waals surface area contributed by atoms with E-state index in [1.165, 1.54) is 0 Å². The minimum Gasteiger partial charge on any atom is -0.481 e. The number of hydrogen-bond donors (Lipinski definition) is 1. The average molecular weight is 425 g/mol. The van der Waals surface area contributed by atoms with Gasteiger partial charge in [-0.3, -0.25) is 4.79 Å². The predicted octanol–water partition coefficient (Wildman–Crippen LogP) is 6.43. The van der Waals surface area contributed by atoms with Gasteiger partial charge in [-0.05, 0) is 41.7 Å². The Labute approximate surface area is 171 Å². The summed E-state index contributed by atoms with van der Waals surface area (Å²) in [5.41, 5.74) is -1.61. The number of carboxylic acid groups (broad SMARTS) is 1. The average Bonchev–Trinajstić information content (AvgIpc) is 3.10. The number of para-hydroxylation sites is 1. The second-order valence-corrected chi connectivity index (χ2v) is 8.13. The highest BCUT2D eigenvalue weighted by Crippen LogP contribution is 2.71. The monoisotopic (exact) mass is 424 g/mol. The lowest BCUT2D eigenvalue weighted by Gasteiger charge is -2.16. The Kier molecular flexibility index (Phi) is 5.43. The topological polar surface area (TPSA) is 46.5 Å². The normalized spacial score (nSPS) is 23.5. The van der Waals surface area contributed by atoms with Crippen molar-refractivity contribution < 1.29 is 27.8 Å². The Balaban J connectivity index is 1.88. The van der Waals surface area contributed by atoms with Crippen LogP contribution in [0.1, 0.15) is 19.4 Å². The number of halogens is 4. The van der Waals surface area contributed by atoms with E-state index in [4.69, 9.17) is 16.3 Å². The van der Waals surface area contributed by atoms with E-state index >= 15 is 0 Å². The van der Waals surface area contributed by atoms with Crippen LogP contribution >= 0.6 is 11.6 Å². The molecule has 3 nitrogen and oxygen atoms in total. The Morgan fingerprint density at radius 1 is 1.14 bits per heavy atom. The van der Waals surface area contributed by atoms with Crippen LogP contribution in [0.15, 0.2) is 65.7 Å². The van der Waals surface area contributed by atoms with E-state index < -0.39 is 33.9 Å². The summed E-state index contributed by atoms with van der Waals surface area (Å²) >= 11 is 5.39. The number of hydrogen-bond acceptors (Lipinski definition) is 2. The van der Waals surface area contributed by atoms with E-state index in [-0.39, 0.29) is 6.42 Å². The summed E-state index contributed by atoms with van der Waals surface area (Å²) in [4.78, 5) is 12.1. The Hall–Kier alpha value is -2.47. The summed E-state index contributed by atoms with van der Waals surface area (Å²) in [6.45, 7) is 3.29. The summed E-state index contributed by atoms with van der Waals surface area (Å²) in [6.07, 6.45) is -3.81. The lowest BCUT2D eigenvalue weighted by molar-refractivity contribution is -0.145. The van der Waals surface area contributed by atoms with E-state index in [0.29, 0.717) is 17.1 Å². The number of allylic oxidation sites excluding steroid dienone is 2. The highest BCUT2D eigenvalue weighted by atomic mass is 35.5. The fourth-order valence-corrected chi connectivity index (χ4v) is 4.10. The molecule has 0 saturated heterocycles. The third kappa shape index (κ3) is 3.99. The molecule has 2 aromatic rings. The molecule has 3 rings (SSSR count). The summed E-state index contributed by atoms with van der Waals surface area (Å²) in [6, 6.07) is 16.0. The van der Waals surface area contributed by atoms with Crippen molar-refractivity contribution >= 4 is 17.6 Å². The van der Waals surface area contributed by atoms with Crippen LogP contribution < -0.4 is 4.74 Å². The van der Waals surface area contributed by atoms with Crippen LogP contribution in [-0.2, 0) is 11.2 Å². The maximum absolute atomic E-state index is 12.9. The molecular weight excluding hydrogens is 405 g/mol. The summed E-state index contributed by atoms with van der Waals surface area (Å²) < 4.78 is 44.4. The molecule has 0 bridgehead atoms. The van der Waals surface area contributed by atoms with Crippen LogP contribution in [0, 0.1) is 16.7 Å². The van der Waals surface area contributed by atoms with Crippen LogP contribution in [0.25, 0.3) is 0 Å². The molecular formula is C22H20ClF3O3. The van der Waals surface area contributed by atoms with Gasteiger partial charge in [0.2, 0.25) is 0 Å². The van der Waals surface area contributed by atoms with Gasteiger partial charge >= 0.3 is 12.1 Å². The fourth-order valence-electron chi connectivity index (χ4n) is 3.97. The van der Waals surface area contributed by atoms with Crippen LogP contribution in [0.2, 0.25) is 0 Å². The number of benzene rings is 2. The maximum Gasteiger partial charge on any atom is 0.426 e. The summed E-state index contributed by atoms with van der Waals surface area (Å²) in [5.74, 6) is -0.847. The lowest BCUT2D eigenvalue weighted by atomic mass is 9.88. The van der Waals surface area contributed by atoms with Crippen LogP contribution in [-0.4, -0.2) is 17.3 Å². The number of carboxylic acids is 1. The van der Waals surface area contributed by atoms with Crippen LogP contribution in [0.3, 0.4) is 0 Å². The molecule has 0 radical (unpaired) electrons. The van der Waals surface area contributed by atoms with Gasteiger partial charge in [-0.2, -0.15) is 13.2 Å². The van der Waals surface area contributed by atoms with Gasteiger partial charge in [-0.1, -0.05) is 61.9 Å². The molecule has 1 N–H and O–H groups in total. The second-order valence-electron chi connectivity index (χ2n) is 7.73. The van der Waals surface area contributed by atoms with Gasteiger partial charge in [0.25, 0.3) is 0 Å². The minimum absolute atomic E-state index is 0.0600. The molecule has 154 valence electrons. The molecule has 2 aromatic carbocycles. The molecule has 7 heteroatoms. The molecule has 1 aliphatic rings. The smallest absolute Gasteiger partial charge is 0.426 e. The second kappa shape index (κ2) is 7.41. The van der Waals surface area contributed by atoms with Gasteiger partial charge in [-0.25, -0.2) is 0 Å². The zero-order valence-electron chi connectivity index (χ0n) is 15.8. The third-order valence-electron chi connectivity index (χ3n) is 5.70. The molecule has 2 unspecified atom stereocenters. The first-order valence-electron chi connectivity index (χ1n) is 8.98. The zero-order chi connectivity index (χ0) is 21.4. The fraction of sp³-hybridized carbons (Fsp3) is 0.318. The highest BCUT2D eigenvalue weighted by Gasteiger charge is 2.74. The van der Waals surface area contributed by atoms with Gasteiger partial charge < -0.3 is 9.84 Å². The molecule has 1 aliphatic carbocycles. The van der Waals surface area contributed by atoms with Gasteiger partial charge in [0.1, 0.15) is 16.5 Å². The van der Waals surface area contributed by atoms with E-state index in [1.54, 1.807) is 50.2 Å². The van der Waals surface area contributed by atoms with Crippen molar-refractivity contribution in [2.24, 2.45) is 16.7 Å². The minimum atomic E-state index is -4.70. The lowest BCUT2D eigenvalue weighted by Crippen LogP contribution is -2.24. The quantitative estimate of drug-likeness (QED) is 0.581. The Morgan fingerprint density at radius 3 is 2.34 bits per heavy atom. The predicted molar refractivity (Wildman–Crippen MR) is 104 cm³/mol. The van der Waals surface area contributed by atoms with Crippen molar-refractivity contribution in [3.05, 3.63) is 71.3 Å². The largest absolute Gasteiger partial charge is 0.481 e. The molecule has 2 atom stereocenters. The van der Waals surface area contributed by atoms with E-state index in [0.717, 1.165) is 6.08 Å². The highest BCUT2D eigenvalue weighted by molar-refractivity contribution is 6.30. The van der Waals surface area contributed by atoms with E-state index in [2.05, 4.69) is 0 Å². The molecule has 1 fully saturated rings. The number of alkyl halides is 3. The molecule has 0 aliphatic heterocycles. The Bertz CT molecular complexity index is 938. The first-order chi connectivity index (χ1) is 13.5. The maximum atomic E-state index is 12.9. The molecule has 0 heterocycles. The molecule has 0 spiro atoms. The van der Waals surface area contributed by atoms with Gasteiger partial charge in [0, 0.05) is 5.92 Å². The number of ether oxygens (including phenoxy) is 1. The van der Waals surface area contributed by atoms with Gasteiger partial charge in [0.15, 0.2) is 0 Å². The van der Waals surface area contributed by atoms with Crippen molar-refractivity contribution in [1.29, 1.82) is 0 Å². The summed E-state index contributed by atoms with van der Waals surface area (Å²) in [5, 5.41) is 8.61. The molecule has 1 saturated carbocycles. The molecule has 29 heavy (non-hydrogen) atoms. The van der Waals surface area contributed by atoms with Crippen molar-refractivity contribution in [1.82, 2.24) is 0 Å². The first-order valence-corrected chi connectivity index (χ1v) is 9.36. The van der Waals surface area contributed by atoms with Crippen molar-refractivity contribution in [2.75, 3.05) is 0 Å². The third-order valence-corrected chi connectivity index (χ3v) is 6.04. The SMILES string of the molecule is CC1(C)C(C=C(Cl)C(F)(F)F)C1(Cc1cccc(Oc2ccccc2)c1)C(=O)O. The number of rotatable bonds is 6. The van der Waals surface area contributed by atoms with Crippen molar-refractivity contribution in [3.63, 3.8) is 0 Å². The van der Waals surface area contributed by atoms with Gasteiger partial charge in [-0.15, -0.1) is 0 Å². The molecule has 0 aromatic heterocycles. The van der Waals surface area contributed by atoms with E-state index in [9.17, 15) is 23.1 Å². The van der Waals surface area contributed by atoms with Gasteiger partial charge in [0.05, 0.1) is 5.41 Å². The Morgan fingerprint density at radius 2 is 1.76 bits per heavy atom. The summed E-state index contributed by atoms with van der Waals surface area (Å²) in [7, 11) is 0. The van der Waals surface area contributed by atoms with E-state index in [1.807, 2.05) is 18.2 Å². The zero-order valence-corrected chi connectivity index (χ0v) is 16.6.